The van der Waals surface area contributed by atoms with Gasteiger partial charge in [0.2, 0.25) is 0 Å². The monoisotopic (exact) mass is 384 g/mol. The minimum Gasteiger partial charge on any atom is -0.477 e. The van der Waals surface area contributed by atoms with E-state index in [9.17, 15) is 19.5 Å². The predicted molar refractivity (Wildman–Crippen MR) is 104 cm³/mol. The molecule has 7 heteroatoms. The van der Waals surface area contributed by atoms with Crippen molar-refractivity contribution in [2.75, 3.05) is 5.32 Å². The number of amides is 1. The third-order valence-corrected chi connectivity index (χ3v) is 5.72. The molecular weight excluding hydrogens is 364 g/mol. The minimum absolute atomic E-state index is 0.290. The van der Waals surface area contributed by atoms with E-state index in [4.69, 9.17) is 5.73 Å². The van der Waals surface area contributed by atoms with Crippen LogP contribution in [0.15, 0.2) is 36.0 Å². The molecule has 2 aromatic rings. The average Bonchev–Trinajstić information content (AvgIpc) is 2.99. The van der Waals surface area contributed by atoms with Gasteiger partial charge in [0.1, 0.15) is 10.7 Å². The Hall–Kier alpha value is -2.93. The van der Waals surface area contributed by atoms with E-state index in [1.54, 1.807) is 24.3 Å². The van der Waals surface area contributed by atoms with Crippen molar-refractivity contribution >= 4 is 34.0 Å². The summed E-state index contributed by atoms with van der Waals surface area (Å²) in [6, 6.07) is 6.86. The van der Waals surface area contributed by atoms with Crippen LogP contribution < -0.4 is 11.1 Å². The van der Waals surface area contributed by atoms with Crippen LogP contribution in [0.1, 0.15) is 49.6 Å². The van der Waals surface area contributed by atoms with Crippen molar-refractivity contribution in [3.8, 4) is 0 Å². The Kier molecular flexibility index (Phi) is 5.41. The van der Waals surface area contributed by atoms with Crippen LogP contribution in [0.25, 0.3) is 0 Å². The van der Waals surface area contributed by atoms with E-state index >= 15 is 0 Å². The normalized spacial score (nSPS) is 13.7. The van der Waals surface area contributed by atoms with Crippen LogP contribution in [-0.2, 0) is 17.6 Å². The summed E-state index contributed by atoms with van der Waals surface area (Å²) in [6.45, 7) is 1.90. The number of ketones is 1. The second kappa shape index (κ2) is 7.75. The summed E-state index contributed by atoms with van der Waals surface area (Å²) in [5.41, 5.74) is 7.87. The van der Waals surface area contributed by atoms with Crippen molar-refractivity contribution in [1.29, 1.82) is 0 Å². The van der Waals surface area contributed by atoms with Gasteiger partial charge in [-0.1, -0.05) is 29.8 Å². The topological polar surface area (TPSA) is 109 Å². The van der Waals surface area contributed by atoms with Gasteiger partial charge >= 0.3 is 5.97 Å². The van der Waals surface area contributed by atoms with Crippen molar-refractivity contribution in [2.45, 2.75) is 32.6 Å². The smallest absolute Gasteiger partial charge is 0.352 e. The number of carbonyl (C=O) groups excluding carboxylic acids is 2. The van der Waals surface area contributed by atoms with Crippen LogP contribution in [0.4, 0.5) is 5.00 Å². The standard InChI is InChI=1S/C20H20N2O4S/c1-11-6-8-12(9-7-11)15(23)10-14(20(25)26)22-19-17(18(21)24)13-4-2-3-5-16(13)27-19/h6-10,22H,2-5H2,1H3,(H2,21,24)(H,25,26)/b14-10-. The van der Waals surface area contributed by atoms with Crippen molar-refractivity contribution in [2.24, 2.45) is 5.73 Å². The fourth-order valence-corrected chi connectivity index (χ4v) is 4.43. The Morgan fingerprint density at radius 1 is 1.15 bits per heavy atom. The maximum Gasteiger partial charge on any atom is 0.352 e. The highest BCUT2D eigenvalue weighted by Crippen LogP contribution is 2.38. The maximum absolute atomic E-state index is 12.4. The lowest BCUT2D eigenvalue weighted by molar-refractivity contribution is -0.132. The van der Waals surface area contributed by atoms with Gasteiger partial charge in [-0.2, -0.15) is 0 Å². The number of nitrogens with two attached hydrogens (primary N) is 1. The SMILES string of the molecule is Cc1ccc(C(=O)/C=C(\Nc2sc3c(c2C(N)=O)CCCC3)C(=O)O)cc1. The van der Waals surface area contributed by atoms with Gasteiger partial charge in [-0.15, -0.1) is 11.3 Å². The number of aryl methyl sites for hydroxylation is 2. The first-order valence-corrected chi connectivity index (χ1v) is 9.46. The Bertz CT molecular complexity index is 942. The van der Waals surface area contributed by atoms with Gasteiger partial charge < -0.3 is 16.2 Å². The Balaban J connectivity index is 1.94. The first-order valence-electron chi connectivity index (χ1n) is 8.64. The molecule has 0 radical (unpaired) electrons. The minimum atomic E-state index is -1.28. The second-order valence-electron chi connectivity index (χ2n) is 6.50. The van der Waals surface area contributed by atoms with E-state index in [-0.39, 0.29) is 5.70 Å². The molecule has 140 valence electrons. The van der Waals surface area contributed by atoms with E-state index in [1.165, 1.54) is 11.3 Å². The zero-order valence-corrected chi connectivity index (χ0v) is 15.7. The van der Waals surface area contributed by atoms with Gasteiger partial charge in [-0.3, -0.25) is 9.59 Å². The van der Waals surface area contributed by atoms with Crippen molar-refractivity contribution in [3.05, 3.63) is 63.2 Å². The largest absolute Gasteiger partial charge is 0.477 e. The molecule has 0 bridgehead atoms. The molecule has 0 fully saturated rings. The van der Waals surface area contributed by atoms with Crippen LogP contribution in [0.3, 0.4) is 0 Å². The number of benzene rings is 1. The zero-order chi connectivity index (χ0) is 19.6. The summed E-state index contributed by atoms with van der Waals surface area (Å²) in [5.74, 6) is -2.30. The van der Waals surface area contributed by atoms with Gasteiger partial charge in [-0.05, 0) is 38.2 Å². The molecule has 1 aliphatic rings. The summed E-state index contributed by atoms with van der Waals surface area (Å²) in [6.07, 6.45) is 4.63. The number of carbonyl (C=O) groups is 3. The van der Waals surface area contributed by atoms with Crippen molar-refractivity contribution < 1.29 is 19.5 Å². The highest BCUT2D eigenvalue weighted by molar-refractivity contribution is 7.16. The molecule has 27 heavy (non-hydrogen) atoms. The predicted octanol–water partition coefficient (Wildman–Crippen LogP) is 3.30. The maximum atomic E-state index is 12.4. The number of hydrogen-bond donors (Lipinski definition) is 3. The lowest BCUT2D eigenvalue weighted by Gasteiger charge is -2.11. The molecular formula is C20H20N2O4S. The molecule has 0 atom stereocenters. The summed E-state index contributed by atoms with van der Waals surface area (Å²) >= 11 is 1.33. The summed E-state index contributed by atoms with van der Waals surface area (Å²) in [5, 5.41) is 12.7. The molecule has 1 amide bonds. The molecule has 4 N–H and O–H groups in total. The molecule has 6 nitrogen and oxygen atoms in total. The number of primary amides is 1. The zero-order valence-electron chi connectivity index (χ0n) is 14.9. The van der Waals surface area contributed by atoms with Crippen LogP contribution in [0.2, 0.25) is 0 Å². The number of carboxylic acid groups (broad SMARTS) is 1. The van der Waals surface area contributed by atoms with E-state index in [0.717, 1.165) is 47.8 Å². The molecule has 1 aromatic carbocycles. The number of aliphatic carboxylic acids is 1. The Morgan fingerprint density at radius 2 is 1.81 bits per heavy atom. The van der Waals surface area contributed by atoms with E-state index in [2.05, 4.69) is 5.32 Å². The van der Waals surface area contributed by atoms with Crippen molar-refractivity contribution in [3.63, 3.8) is 0 Å². The lowest BCUT2D eigenvalue weighted by Crippen LogP contribution is -2.18. The van der Waals surface area contributed by atoms with Crippen LogP contribution >= 0.6 is 11.3 Å². The number of hydrogen-bond acceptors (Lipinski definition) is 5. The molecule has 1 aromatic heterocycles. The van der Waals surface area contributed by atoms with Gasteiger partial charge in [0, 0.05) is 16.5 Å². The van der Waals surface area contributed by atoms with E-state index < -0.39 is 17.7 Å². The molecule has 0 saturated carbocycles. The van der Waals surface area contributed by atoms with Gasteiger partial charge in [0.05, 0.1) is 5.56 Å². The van der Waals surface area contributed by atoms with Crippen LogP contribution in [-0.4, -0.2) is 22.8 Å². The number of carboxylic acids is 1. The van der Waals surface area contributed by atoms with Gasteiger partial charge in [0.15, 0.2) is 5.78 Å². The summed E-state index contributed by atoms with van der Waals surface area (Å²) in [7, 11) is 0. The summed E-state index contributed by atoms with van der Waals surface area (Å²) in [4.78, 5) is 37.0. The van der Waals surface area contributed by atoms with E-state index in [0.29, 0.717) is 16.1 Å². The van der Waals surface area contributed by atoms with E-state index in [1.807, 2.05) is 6.92 Å². The number of thiophene rings is 1. The summed E-state index contributed by atoms with van der Waals surface area (Å²) < 4.78 is 0. The third kappa shape index (κ3) is 4.09. The second-order valence-corrected chi connectivity index (χ2v) is 7.60. The highest BCUT2D eigenvalue weighted by atomic mass is 32.1. The number of allylic oxidation sites excluding steroid dienone is 1. The molecule has 0 aliphatic heterocycles. The first kappa shape index (κ1) is 18.8. The molecule has 0 spiro atoms. The number of rotatable bonds is 6. The number of fused-ring (bicyclic) bond motifs is 1. The quantitative estimate of drug-likeness (QED) is 0.523. The third-order valence-electron chi connectivity index (χ3n) is 4.51. The Labute approximate surface area is 160 Å². The molecule has 1 heterocycles. The fourth-order valence-electron chi connectivity index (χ4n) is 3.12. The number of nitrogens with one attached hydrogen (secondary N) is 1. The molecule has 1 aliphatic carbocycles. The van der Waals surface area contributed by atoms with Crippen LogP contribution in [0, 0.1) is 6.92 Å². The van der Waals surface area contributed by atoms with Gasteiger partial charge in [-0.25, -0.2) is 4.79 Å². The fraction of sp³-hybridized carbons (Fsp3) is 0.250. The molecule has 3 rings (SSSR count). The van der Waals surface area contributed by atoms with Crippen molar-refractivity contribution in [1.82, 2.24) is 0 Å². The lowest BCUT2D eigenvalue weighted by atomic mass is 9.95. The highest BCUT2D eigenvalue weighted by Gasteiger charge is 2.25. The molecule has 0 unspecified atom stereocenters. The first-order chi connectivity index (χ1) is 12.9. The number of anilines is 1. The van der Waals surface area contributed by atoms with Gasteiger partial charge in [0.25, 0.3) is 5.91 Å². The van der Waals surface area contributed by atoms with Crippen LogP contribution in [0.5, 0.6) is 0 Å². The molecule has 0 saturated heterocycles. The average molecular weight is 384 g/mol. The Morgan fingerprint density at radius 3 is 2.44 bits per heavy atom.